The summed E-state index contributed by atoms with van der Waals surface area (Å²) in [4.78, 5) is 31.7. The Morgan fingerprint density at radius 1 is 1.21 bits per heavy atom. The van der Waals surface area contributed by atoms with E-state index in [4.69, 9.17) is 21.1 Å². The quantitative estimate of drug-likeness (QED) is 0.479. The summed E-state index contributed by atoms with van der Waals surface area (Å²) in [5.41, 5.74) is 2.12. The molecule has 0 radical (unpaired) electrons. The third kappa shape index (κ3) is 4.72. The number of ether oxygens (including phenoxy) is 2. The van der Waals surface area contributed by atoms with Gasteiger partial charge in [-0.15, -0.1) is 0 Å². The molecule has 3 aromatic rings. The monoisotopic (exact) mass is 496 g/mol. The number of esters is 1. The SMILES string of the molecule is CCOC(=O)C1=C(C)N=c2s/c(=C/c3ccccc3Cl)c(=O)n2[C@H]1c1ccc(OC(C)C)cc1. The van der Waals surface area contributed by atoms with E-state index < -0.39 is 12.0 Å². The Balaban J connectivity index is 1.91. The largest absolute Gasteiger partial charge is 0.491 e. The van der Waals surface area contributed by atoms with Gasteiger partial charge in [0.1, 0.15) is 5.75 Å². The van der Waals surface area contributed by atoms with E-state index in [2.05, 4.69) is 4.99 Å². The number of allylic oxidation sites excluding steroid dienone is 1. The molecule has 0 saturated heterocycles. The van der Waals surface area contributed by atoms with Crippen LogP contribution in [-0.4, -0.2) is 23.2 Å². The molecule has 34 heavy (non-hydrogen) atoms. The van der Waals surface area contributed by atoms with Gasteiger partial charge in [-0.3, -0.25) is 9.36 Å². The van der Waals surface area contributed by atoms with E-state index in [1.54, 1.807) is 30.6 Å². The van der Waals surface area contributed by atoms with Crippen LogP contribution in [0.15, 0.2) is 69.6 Å². The summed E-state index contributed by atoms with van der Waals surface area (Å²) in [6, 6.07) is 14.1. The maximum absolute atomic E-state index is 13.6. The van der Waals surface area contributed by atoms with Gasteiger partial charge in [0.05, 0.1) is 34.6 Å². The van der Waals surface area contributed by atoms with Gasteiger partial charge in [0.25, 0.3) is 5.56 Å². The summed E-state index contributed by atoms with van der Waals surface area (Å²) in [6.07, 6.45) is 1.79. The molecular formula is C26H25ClN2O4S. The Kier molecular flexibility index (Phi) is 7.05. The number of hydrogen-bond donors (Lipinski definition) is 0. The standard InChI is InChI=1S/C26H25ClN2O4S/c1-5-32-25(31)22-16(4)28-26-29(23(22)17-10-12-19(13-11-17)33-15(2)3)24(30)21(34-26)14-18-8-6-7-9-20(18)27/h6-15,23H,5H2,1-4H3/b21-14+/t23-/m0/s1. The second kappa shape index (κ2) is 9.99. The lowest BCUT2D eigenvalue weighted by molar-refractivity contribution is -0.139. The summed E-state index contributed by atoms with van der Waals surface area (Å²) in [6.45, 7) is 7.65. The molecular weight excluding hydrogens is 472 g/mol. The van der Waals surface area contributed by atoms with Crippen LogP contribution in [0.5, 0.6) is 5.75 Å². The van der Waals surface area contributed by atoms with Crippen molar-refractivity contribution < 1.29 is 14.3 Å². The fourth-order valence-corrected chi connectivity index (χ4v) is 5.07. The maximum Gasteiger partial charge on any atom is 0.338 e. The van der Waals surface area contributed by atoms with Gasteiger partial charge in [-0.2, -0.15) is 0 Å². The maximum atomic E-state index is 13.6. The highest BCUT2D eigenvalue weighted by atomic mass is 35.5. The molecule has 6 nitrogen and oxygen atoms in total. The first kappa shape index (κ1) is 24.0. The summed E-state index contributed by atoms with van der Waals surface area (Å²) in [7, 11) is 0. The lowest BCUT2D eigenvalue weighted by Gasteiger charge is -2.25. The number of hydrogen-bond acceptors (Lipinski definition) is 6. The number of carbonyl (C=O) groups is 1. The van der Waals surface area contributed by atoms with E-state index >= 15 is 0 Å². The van der Waals surface area contributed by atoms with Gasteiger partial charge in [-0.25, -0.2) is 9.79 Å². The minimum atomic E-state index is -0.670. The molecule has 1 aliphatic rings. The fourth-order valence-electron chi connectivity index (χ4n) is 3.84. The number of benzene rings is 2. The van der Waals surface area contributed by atoms with Crippen molar-refractivity contribution in [3.63, 3.8) is 0 Å². The molecule has 2 aromatic carbocycles. The van der Waals surface area contributed by atoms with Crippen LogP contribution in [0.25, 0.3) is 6.08 Å². The highest BCUT2D eigenvalue weighted by Gasteiger charge is 2.33. The van der Waals surface area contributed by atoms with Crippen molar-refractivity contribution >= 4 is 35.0 Å². The molecule has 0 bridgehead atoms. The van der Waals surface area contributed by atoms with Gasteiger partial charge < -0.3 is 9.47 Å². The highest BCUT2D eigenvalue weighted by Crippen LogP contribution is 2.31. The zero-order valence-electron chi connectivity index (χ0n) is 19.4. The van der Waals surface area contributed by atoms with Crippen LogP contribution in [-0.2, 0) is 9.53 Å². The molecule has 2 heterocycles. The first-order valence-electron chi connectivity index (χ1n) is 11.0. The third-order valence-corrected chi connectivity index (χ3v) is 6.60. The first-order valence-corrected chi connectivity index (χ1v) is 12.2. The average molecular weight is 497 g/mol. The second-order valence-electron chi connectivity index (χ2n) is 8.06. The molecule has 1 aromatic heterocycles. The zero-order valence-corrected chi connectivity index (χ0v) is 20.9. The number of aromatic nitrogens is 1. The number of fused-ring (bicyclic) bond motifs is 1. The number of rotatable bonds is 6. The first-order chi connectivity index (χ1) is 16.3. The van der Waals surface area contributed by atoms with Gasteiger partial charge in [-0.05, 0) is 63.1 Å². The van der Waals surface area contributed by atoms with Crippen LogP contribution in [0.3, 0.4) is 0 Å². The normalized spacial score (nSPS) is 15.8. The van der Waals surface area contributed by atoms with E-state index in [1.165, 1.54) is 11.3 Å². The number of halogens is 1. The summed E-state index contributed by atoms with van der Waals surface area (Å²) in [5, 5.41) is 0.550. The van der Waals surface area contributed by atoms with Crippen LogP contribution in [0.1, 0.15) is 44.9 Å². The van der Waals surface area contributed by atoms with Crippen molar-refractivity contribution in [1.82, 2.24) is 4.57 Å². The summed E-state index contributed by atoms with van der Waals surface area (Å²) in [5.74, 6) is 0.222. The predicted octanol–water partition coefficient (Wildman–Crippen LogP) is 4.24. The zero-order chi connectivity index (χ0) is 24.4. The Bertz CT molecular complexity index is 1430. The van der Waals surface area contributed by atoms with Crippen LogP contribution in [0.4, 0.5) is 0 Å². The van der Waals surface area contributed by atoms with Crippen LogP contribution >= 0.6 is 22.9 Å². The van der Waals surface area contributed by atoms with Crippen molar-refractivity contribution in [2.75, 3.05) is 6.61 Å². The topological polar surface area (TPSA) is 69.9 Å². The minimum Gasteiger partial charge on any atom is -0.491 e. The lowest BCUT2D eigenvalue weighted by Crippen LogP contribution is -2.39. The third-order valence-electron chi connectivity index (χ3n) is 5.28. The molecule has 0 fully saturated rings. The molecule has 0 saturated carbocycles. The van der Waals surface area contributed by atoms with Crippen LogP contribution < -0.4 is 19.6 Å². The van der Waals surface area contributed by atoms with Crippen molar-refractivity contribution in [2.24, 2.45) is 4.99 Å². The molecule has 176 valence electrons. The van der Waals surface area contributed by atoms with Crippen molar-refractivity contribution in [2.45, 2.75) is 39.8 Å². The number of thiazole rings is 1. The van der Waals surface area contributed by atoms with Gasteiger partial charge in [0.15, 0.2) is 4.80 Å². The van der Waals surface area contributed by atoms with Crippen molar-refractivity contribution in [1.29, 1.82) is 0 Å². The Labute approximate surface area is 206 Å². The van der Waals surface area contributed by atoms with Crippen molar-refractivity contribution in [3.8, 4) is 5.75 Å². The molecule has 8 heteroatoms. The molecule has 1 aliphatic heterocycles. The Morgan fingerprint density at radius 3 is 2.56 bits per heavy atom. The fraction of sp³-hybridized carbons (Fsp3) is 0.269. The van der Waals surface area contributed by atoms with E-state index in [9.17, 15) is 9.59 Å². The minimum absolute atomic E-state index is 0.0329. The van der Waals surface area contributed by atoms with Crippen molar-refractivity contribution in [3.05, 3.63) is 95.6 Å². The smallest absolute Gasteiger partial charge is 0.338 e. The van der Waals surface area contributed by atoms with Crippen LogP contribution in [0, 0.1) is 0 Å². The molecule has 4 rings (SSSR count). The second-order valence-corrected chi connectivity index (χ2v) is 9.48. The molecule has 0 spiro atoms. The predicted molar refractivity (Wildman–Crippen MR) is 134 cm³/mol. The summed E-state index contributed by atoms with van der Waals surface area (Å²) < 4.78 is 13.1. The lowest BCUT2D eigenvalue weighted by atomic mass is 9.96. The molecule has 0 amide bonds. The Hall–Kier alpha value is -3.16. The van der Waals surface area contributed by atoms with E-state index in [0.29, 0.717) is 31.4 Å². The van der Waals surface area contributed by atoms with Gasteiger partial charge in [-0.1, -0.05) is 53.3 Å². The van der Waals surface area contributed by atoms with Crippen LogP contribution in [0.2, 0.25) is 5.02 Å². The van der Waals surface area contributed by atoms with E-state index in [1.807, 2.05) is 56.3 Å². The molecule has 0 unspecified atom stereocenters. The number of nitrogens with zero attached hydrogens (tertiary/aromatic N) is 2. The van der Waals surface area contributed by atoms with E-state index in [-0.39, 0.29) is 18.3 Å². The molecule has 1 atom stereocenters. The number of carbonyl (C=O) groups excluding carboxylic acids is 1. The van der Waals surface area contributed by atoms with Gasteiger partial charge in [0.2, 0.25) is 0 Å². The van der Waals surface area contributed by atoms with Gasteiger partial charge in [0, 0.05) is 5.02 Å². The Morgan fingerprint density at radius 2 is 1.91 bits per heavy atom. The highest BCUT2D eigenvalue weighted by molar-refractivity contribution is 7.07. The van der Waals surface area contributed by atoms with Gasteiger partial charge >= 0.3 is 5.97 Å². The molecule has 0 aliphatic carbocycles. The average Bonchev–Trinajstić information content (AvgIpc) is 3.09. The van der Waals surface area contributed by atoms with E-state index in [0.717, 1.165) is 11.1 Å². The summed E-state index contributed by atoms with van der Waals surface area (Å²) >= 11 is 7.58. The molecule has 0 N–H and O–H groups in total.